The lowest BCUT2D eigenvalue weighted by Crippen LogP contribution is -2.15. The number of hydrogen-bond donors (Lipinski definition) is 1. The average Bonchev–Trinajstić information content (AvgIpc) is 1.62. The van der Waals surface area contributed by atoms with E-state index >= 15 is 0 Å². The normalized spacial score (nSPS) is 15.9. The lowest BCUT2D eigenvalue weighted by atomic mass is 10.9. The number of hydrogen-bond acceptors (Lipinski definition) is 2. The first kappa shape index (κ1) is 8.13. The molecule has 0 aliphatic heterocycles. The van der Waals surface area contributed by atoms with Crippen LogP contribution in [0.25, 0.3) is 0 Å². The Morgan fingerprint density at radius 1 is 1.75 bits per heavy atom. The largest absolute Gasteiger partial charge is 0.284 e. The van der Waals surface area contributed by atoms with Crippen molar-refractivity contribution < 1.29 is 17.4 Å². The first-order valence-corrected chi connectivity index (χ1v) is 3.58. The van der Waals surface area contributed by atoms with Crippen molar-refractivity contribution in [1.82, 2.24) is 0 Å². The molecule has 0 heterocycles. The summed E-state index contributed by atoms with van der Waals surface area (Å²) in [5, 5.41) is 0. The maximum atomic E-state index is 11.2. The zero-order valence-electron chi connectivity index (χ0n) is 3.71. The van der Waals surface area contributed by atoms with E-state index in [9.17, 15) is 12.8 Å². The van der Waals surface area contributed by atoms with E-state index in [2.05, 4.69) is 0 Å². The van der Waals surface area contributed by atoms with Crippen molar-refractivity contribution in [3.63, 3.8) is 0 Å². The summed E-state index contributed by atoms with van der Waals surface area (Å²) in [7, 11) is -4.36. The topological polar surface area (TPSA) is 54.4 Å². The minimum absolute atomic E-state index is 1.28. The van der Waals surface area contributed by atoms with Gasteiger partial charge in [0, 0.05) is 0 Å². The van der Waals surface area contributed by atoms with Gasteiger partial charge in [0.05, 0.1) is 0 Å². The van der Waals surface area contributed by atoms with Gasteiger partial charge in [-0.3, -0.25) is 4.55 Å². The summed E-state index contributed by atoms with van der Waals surface area (Å²) in [6.45, 7) is -1.28. The second kappa shape index (κ2) is 2.61. The van der Waals surface area contributed by atoms with Gasteiger partial charge in [-0.05, 0) is 0 Å². The van der Waals surface area contributed by atoms with Crippen molar-refractivity contribution in [2.75, 3.05) is 6.67 Å². The van der Waals surface area contributed by atoms with Crippen molar-refractivity contribution in [2.24, 2.45) is 0 Å². The third-order valence-corrected chi connectivity index (χ3v) is 2.01. The molecular weight excluding hydrogens is 159 g/mol. The first-order chi connectivity index (χ1) is 3.48. The van der Waals surface area contributed by atoms with Gasteiger partial charge in [0.25, 0.3) is 10.1 Å². The van der Waals surface area contributed by atoms with Crippen molar-refractivity contribution in [3.8, 4) is 0 Å². The maximum Gasteiger partial charge on any atom is 0.284 e. The minimum Gasteiger partial charge on any atom is -0.284 e. The lowest BCUT2D eigenvalue weighted by molar-refractivity contribution is 0.451. The third kappa shape index (κ3) is 2.44. The van der Waals surface area contributed by atoms with Gasteiger partial charge in [0.1, 0.15) is 6.67 Å². The second-order valence-electron chi connectivity index (χ2n) is 1.08. The molecule has 0 amide bonds. The fraction of sp³-hybridized carbons (Fsp3) is 1.00. The van der Waals surface area contributed by atoms with Gasteiger partial charge in [0.15, 0.2) is 4.71 Å². The van der Waals surface area contributed by atoms with Crippen LogP contribution in [-0.4, -0.2) is 24.4 Å². The molecule has 50 valence electrons. The quantitative estimate of drug-likeness (QED) is 0.473. The molecule has 0 aliphatic carbocycles. The van der Waals surface area contributed by atoms with Gasteiger partial charge in [-0.15, -0.1) is 0 Å². The molecule has 0 fully saturated rings. The van der Waals surface area contributed by atoms with Crippen LogP contribution < -0.4 is 0 Å². The highest BCUT2D eigenvalue weighted by Crippen LogP contribution is 2.03. The Labute approximate surface area is 51.2 Å². The maximum absolute atomic E-state index is 11.2. The third-order valence-electron chi connectivity index (χ3n) is 0.445. The van der Waals surface area contributed by atoms with E-state index in [-0.39, 0.29) is 0 Å². The van der Waals surface area contributed by atoms with Crippen LogP contribution in [0.2, 0.25) is 0 Å². The van der Waals surface area contributed by atoms with Gasteiger partial charge in [-0.25, -0.2) is 4.39 Å². The molecule has 6 heteroatoms. The monoisotopic (exact) mass is 162 g/mol. The predicted molar refractivity (Wildman–Crippen MR) is 27.2 cm³/mol. The highest BCUT2D eigenvalue weighted by atomic mass is 35.5. The van der Waals surface area contributed by atoms with E-state index in [1.165, 1.54) is 0 Å². The van der Waals surface area contributed by atoms with Crippen LogP contribution in [0.5, 0.6) is 0 Å². The molecule has 1 atom stereocenters. The van der Waals surface area contributed by atoms with Gasteiger partial charge < -0.3 is 0 Å². The van der Waals surface area contributed by atoms with Crippen LogP contribution >= 0.6 is 11.6 Å². The zero-order chi connectivity index (χ0) is 6.78. The molecule has 3 nitrogen and oxygen atoms in total. The highest BCUT2D eigenvalue weighted by Gasteiger charge is 2.18. The zero-order valence-corrected chi connectivity index (χ0v) is 5.28. The summed E-state index contributed by atoms with van der Waals surface area (Å²) in [5.74, 6) is 0. The molecule has 0 aliphatic rings. The number of rotatable bonds is 2. The summed E-state index contributed by atoms with van der Waals surface area (Å²) >= 11 is 4.73. The fourth-order valence-corrected chi connectivity index (χ4v) is 0.239. The van der Waals surface area contributed by atoms with Crippen LogP contribution in [0, 0.1) is 0 Å². The van der Waals surface area contributed by atoms with Crippen LogP contribution in [0.3, 0.4) is 0 Å². The average molecular weight is 163 g/mol. The van der Waals surface area contributed by atoms with Gasteiger partial charge >= 0.3 is 0 Å². The smallest absolute Gasteiger partial charge is 0.284 e. The lowest BCUT2D eigenvalue weighted by Gasteiger charge is -1.95. The van der Waals surface area contributed by atoms with Crippen LogP contribution in [-0.2, 0) is 10.1 Å². The molecule has 0 bridgehead atoms. The van der Waals surface area contributed by atoms with Crippen molar-refractivity contribution in [1.29, 1.82) is 0 Å². The van der Waals surface area contributed by atoms with E-state index in [0.717, 1.165) is 0 Å². The summed E-state index contributed by atoms with van der Waals surface area (Å²) < 4.78 is 36.8. The van der Waals surface area contributed by atoms with Crippen LogP contribution in [0.1, 0.15) is 0 Å². The highest BCUT2D eigenvalue weighted by molar-refractivity contribution is 7.87. The summed E-state index contributed by atoms with van der Waals surface area (Å²) in [6, 6.07) is 0. The molecule has 0 rings (SSSR count). The van der Waals surface area contributed by atoms with E-state index in [1.54, 1.807) is 0 Å². The molecule has 1 N–H and O–H groups in total. The molecule has 8 heavy (non-hydrogen) atoms. The summed E-state index contributed by atoms with van der Waals surface area (Å²) in [6.07, 6.45) is 0. The Hall–Kier alpha value is 0.130. The minimum atomic E-state index is -4.36. The van der Waals surface area contributed by atoms with Gasteiger partial charge in [-0.1, -0.05) is 11.6 Å². The van der Waals surface area contributed by atoms with E-state index in [0.29, 0.717) is 0 Å². The van der Waals surface area contributed by atoms with Crippen molar-refractivity contribution in [3.05, 3.63) is 0 Å². The van der Waals surface area contributed by atoms with E-state index < -0.39 is 21.5 Å². The van der Waals surface area contributed by atoms with Crippen molar-refractivity contribution in [2.45, 2.75) is 4.71 Å². The fourth-order valence-electron chi connectivity index (χ4n) is 0.0796. The number of alkyl halides is 2. The number of halogens is 2. The molecule has 0 saturated carbocycles. The molecule has 0 saturated heterocycles. The second-order valence-corrected chi connectivity index (χ2v) is 3.46. The predicted octanol–water partition coefficient (Wildman–Crippen LogP) is 0.409. The Morgan fingerprint density at radius 2 is 2.12 bits per heavy atom. The standard InChI is InChI=1S/C2H4ClFO3S/c3-2(1-4)8(5,6)7/h2H,1H2,(H,5,6,7). The van der Waals surface area contributed by atoms with Gasteiger partial charge in [-0.2, -0.15) is 8.42 Å². The van der Waals surface area contributed by atoms with E-state index in [4.69, 9.17) is 16.2 Å². The van der Waals surface area contributed by atoms with Crippen LogP contribution in [0.15, 0.2) is 0 Å². The Bertz CT molecular complexity index is 153. The summed E-state index contributed by atoms with van der Waals surface area (Å²) in [4.78, 5) is 0. The van der Waals surface area contributed by atoms with Gasteiger partial charge in [0.2, 0.25) is 0 Å². The Morgan fingerprint density at radius 3 is 2.12 bits per heavy atom. The summed E-state index contributed by atoms with van der Waals surface area (Å²) in [5.41, 5.74) is 0. The molecule has 0 aromatic heterocycles. The molecule has 1 unspecified atom stereocenters. The van der Waals surface area contributed by atoms with E-state index in [1.807, 2.05) is 0 Å². The molecular formula is C2H4ClFO3S. The SMILES string of the molecule is O=S(=O)(O)C(Cl)CF. The van der Waals surface area contributed by atoms with Crippen molar-refractivity contribution >= 4 is 21.7 Å². The first-order valence-electron chi connectivity index (χ1n) is 1.65. The van der Waals surface area contributed by atoms with Crippen LogP contribution in [0.4, 0.5) is 4.39 Å². The molecule has 0 aromatic rings. The Kier molecular flexibility index (Phi) is 2.65. The molecule has 0 radical (unpaired) electrons. The molecule has 0 aromatic carbocycles. The Balaban J connectivity index is 4.04. The molecule has 0 spiro atoms.